The molecule has 0 aliphatic heterocycles. The van der Waals surface area contributed by atoms with Gasteiger partial charge in [-0.25, -0.2) is 0 Å². The monoisotopic (exact) mass is 234 g/mol. The molecule has 4 heteroatoms. The minimum atomic E-state index is -0.597. The summed E-state index contributed by atoms with van der Waals surface area (Å²) < 4.78 is 0. The van der Waals surface area contributed by atoms with Gasteiger partial charge in [0.25, 0.3) is 0 Å². The lowest BCUT2D eigenvalue weighted by Crippen LogP contribution is -2.42. The molecule has 0 aliphatic rings. The van der Waals surface area contributed by atoms with Gasteiger partial charge in [-0.15, -0.1) is 0 Å². The maximum Gasteiger partial charge on any atom is 0.309 e. The van der Waals surface area contributed by atoms with E-state index in [1.807, 2.05) is 45.0 Å². The second kappa shape index (κ2) is 6.03. The van der Waals surface area contributed by atoms with Gasteiger partial charge >= 0.3 is 11.8 Å². The molecule has 0 saturated carbocycles. The highest BCUT2D eigenvalue weighted by Gasteiger charge is 2.13. The van der Waals surface area contributed by atoms with Gasteiger partial charge in [0.15, 0.2) is 0 Å². The Hall–Kier alpha value is -1.84. The number of carbonyl (C=O) groups excluding carboxylic acids is 2. The minimum Gasteiger partial charge on any atom is -0.346 e. The Kier molecular flexibility index (Phi) is 4.69. The zero-order valence-electron chi connectivity index (χ0n) is 10.4. The van der Waals surface area contributed by atoms with E-state index in [1.165, 1.54) is 0 Å². The quantitative estimate of drug-likeness (QED) is 0.770. The van der Waals surface area contributed by atoms with Crippen molar-refractivity contribution in [2.24, 2.45) is 0 Å². The van der Waals surface area contributed by atoms with Gasteiger partial charge in [-0.3, -0.25) is 9.59 Å². The molecule has 17 heavy (non-hydrogen) atoms. The number of aryl methyl sites for hydroxylation is 1. The standard InChI is InChI=1S/C13H18N2O2/c1-9(2)15-13(17)12(16)14-8-11-6-4-5-10(3)7-11/h4-7,9H,8H2,1-3H3,(H,14,16)(H,15,17). The van der Waals surface area contributed by atoms with Crippen molar-refractivity contribution in [3.8, 4) is 0 Å². The summed E-state index contributed by atoms with van der Waals surface area (Å²) in [5, 5.41) is 5.12. The highest BCUT2D eigenvalue weighted by Crippen LogP contribution is 2.02. The van der Waals surface area contributed by atoms with Crippen LogP contribution in [0.2, 0.25) is 0 Å². The Balaban J connectivity index is 2.45. The van der Waals surface area contributed by atoms with Crippen molar-refractivity contribution in [3.63, 3.8) is 0 Å². The molecule has 1 rings (SSSR count). The fourth-order valence-electron chi connectivity index (χ4n) is 1.41. The summed E-state index contributed by atoms with van der Waals surface area (Å²) in [5.74, 6) is -1.19. The lowest BCUT2D eigenvalue weighted by molar-refractivity contribution is -0.139. The maximum atomic E-state index is 11.4. The average molecular weight is 234 g/mol. The van der Waals surface area contributed by atoms with Gasteiger partial charge in [-0.1, -0.05) is 29.8 Å². The van der Waals surface area contributed by atoms with Crippen molar-refractivity contribution in [3.05, 3.63) is 35.4 Å². The first-order valence-electron chi connectivity index (χ1n) is 5.63. The van der Waals surface area contributed by atoms with E-state index in [9.17, 15) is 9.59 Å². The van der Waals surface area contributed by atoms with Crippen LogP contribution in [0.15, 0.2) is 24.3 Å². The molecule has 0 atom stereocenters. The van der Waals surface area contributed by atoms with Gasteiger partial charge in [0, 0.05) is 12.6 Å². The Labute approximate surface area is 101 Å². The smallest absolute Gasteiger partial charge is 0.309 e. The fourth-order valence-corrected chi connectivity index (χ4v) is 1.41. The topological polar surface area (TPSA) is 58.2 Å². The number of rotatable bonds is 3. The summed E-state index contributed by atoms with van der Waals surface area (Å²) in [7, 11) is 0. The van der Waals surface area contributed by atoms with Crippen LogP contribution in [-0.2, 0) is 16.1 Å². The summed E-state index contributed by atoms with van der Waals surface area (Å²) in [6.45, 7) is 5.97. The molecule has 0 spiro atoms. The summed E-state index contributed by atoms with van der Waals surface area (Å²) >= 11 is 0. The molecule has 0 fully saturated rings. The number of benzene rings is 1. The van der Waals surface area contributed by atoms with Gasteiger partial charge in [0.05, 0.1) is 0 Å². The van der Waals surface area contributed by atoms with E-state index >= 15 is 0 Å². The van der Waals surface area contributed by atoms with E-state index in [0.717, 1.165) is 11.1 Å². The SMILES string of the molecule is Cc1cccc(CNC(=O)C(=O)NC(C)C)c1. The highest BCUT2D eigenvalue weighted by molar-refractivity contribution is 6.35. The van der Waals surface area contributed by atoms with Crippen LogP contribution < -0.4 is 10.6 Å². The summed E-state index contributed by atoms with van der Waals surface area (Å²) in [6, 6.07) is 7.75. The number of carbonyl (C=O) groups is 2. The van der Waals surface area contributed by atoms with Crippen LogP contribution in [0, 0.1) is 6.92 Å². The summed E-state index contributed by atoms with van der Waals surface area (Å²) in [4.78, 5) is 22.7. The zero-order chi connectivity index (χ0) is 12.8. The molecular formula is C13H18N2O2. The van der Waals surface area contributed by atoms with E-state index in [4.69, 9.17) is 0 Å². The van der Waals surface area contributed by atoms with Crippen molar-refractivity contribution in [1.29, 1.82) is 0 Å². The predicted octanol–water partition coefficient (Wildman–Crippen LogP) is 1.14. The van der Waals surface area contributed by atoms with Crippen molar-refractivity contribution in [2.45, 2.75) is 33.4 Å². The summed E-state index contributed by atoms with van der Waals surface area (Å²) in [5.41, 5.74) is 2.11. The number of nitrogens with one attached hydrogen (secondary N) is 2. The molecule has 0 saturated heterocycles. The van der Waals surface area contributed by atoms with Gasteiger partial charge in [-0.2, -0.15) is 0 Å². The van der Waals surface area contributed by atoms with Crippen molar-refractivity contribution in [1.82, 2.24) is 10.6 Å². The van der Waals surface area contributed by atoms with Crippen molar-refractivity contribution < 1.29 is 9.59 Å². The molecule has 0 bridgehead atoms. The van der Waals surface area contributed by atoms with E-state index in [2.05, 4.69) is 10.6 Å². The molecule has 2 N–H and O–H groups in total. The predicted molar refractivity (Wildman–Crippen MR) is 66.3 cm³/mol. The molecule has 2 amide bonds. The second-order valence-corrected chi connectivity index (χ2v) is 4.30. The molecule has 1 aromatic carbocycles. The molecule has 0 aliphatic carbocycles. The first kappa shape index (κ1) is 13.2. The molecule has 0 unspecified atom stereocenters. The molecule has 1 aromatic rings. The van der Waals surface area contributed by atoms with Gasteiger partial charge < -0.3 is 10.6 Å². The van der Waals surface area contributed by atoms with Gasteiger partial charge in [-0.05, 0) is 26.3 Å². The van der Waals surface area contributed by atoms with Gasteiger partial charge in [0.2, 0.25) is 0 Å². The highest BCUT2D eigenvalue weighted by atomic mass is 16.2. The molecule has 92 valence electrons. The lowest BCUT2D eigenvalue weighted by atomic mass is 10.1. The molecule has 0 aromatic heterocycles. The van der Waals surface area contributed by atoms with Crippen LogP contribution in [-0.4, -0.2) is 17.9 Å². The zero-order valence-corrected chi connectivity index (χ0v) is 10.4. The van der Waals surface area contributed by atoms with E-state index in [-0.39, 0.29) is 6.04 Å². The van der Waals surface area contributed by atoms with Crippen LogP contribution >= 0.6 is 0 Å². The Morgan fingerprint density at radius 2 is 1.94 bits per heavy atom. The van der Waals surface area contributed by atoms with Gasteiger partial charge in [0.1, 0.15) is 0 Å². The number of amides is 2. The van der Waals surface area contributed by atoms with Crippen LogP contribution in [0.4, 0.5) is 0 Å². The van der Waals surface area contributed by atoms with Crippen LogP contribution in [0.1, 0.15) is 25.0 Å². The van der Waals surface area contributed by atoms with E-state index in [1.54, 1.807) is 0 Å². The van der Waals surface area contributed by atoms with Crippen molar-refractivity contribution >= 4 is 11.8 Å². The Morgan fingerprint density at radius 1 is 1.24 bits per heavy atom. The Morgan fingerprint density at radius 3 is 2.53 bits per heavy atom. The van der Waals surface area contributed by atoms with E-state index < -0.39 is 11.8 Å². The second-order valence-electron chi connectivity index (χ2n) is 4.30. The Bertz CT molecular complexity index is 414. The van der Waals surface area contributed by atoms with E-state index in [0.29, 0.717) is 6.54 Å². The molecular weight excluding hydrogens is 216 g/mol. The molecule has 4 nitrogen and oxygen atoms in total. The summed E-state index contributed by atoms with van der Waals surface area (Å²) in [6.07, 6.45) is 0. The van der Waals surface area contributed by atoms with Crippen molar-refractivity contribution in [2.75, 3.05) is 0 Å². The third-order valence-electron chi connectivity index (χ3n) is 2.16. The lowest BCUT2D eigenvalue weighted by Gasteiger charge is -2.09. The largest absolute Gasteiger partial charge is 0.346 e. The third kappa shape index (κ3) is 4.68. The molecule has 0 heterocycles. The molecule has 0 radical (unpaired) electrons. The van der Waals surface area contributed by atoms with Crippen LogP contribution in [0.3, 0.4) is 0 Å². The fraction of sp³-hybridized carbons (Fsp3) is 0.385. The first-order chi connectivity index (χ1) is 7.99. The minimum absolute atomic E-state index is 0.0350. The third-order valence-corrected chi connectivity index (χ3v) is 2.16. The van der Waals surface area contributed by atoms with Crippen LogP contribution in [0.25, 0.3) is 0 Å². The first-order valence-corrected chi connectivity index (χ1v) is 5.63. The number of hydrogen-bond donors (Lipinski definition) is 2. The van der Waals surface area contributed by atoms with Crippen LogP contribution in [0.5, 0.6) is 0 Å². The number of hydrogen-bond acceptors (Lipinski definition) is 2. The normalized spacial score (nSPS) is 10.1. The average Bonchev–Trinajstić information content (AvgIpc) is 2.25. The maximum absolute atomic E-state index is 11.4.